The SMILES string of the molecule is N[C@@H](Cc1ccccc1)c1nc(-c2cnccn2)n[nH]1. The summed E-state index contributed by atoms with van der Waals surface area (Å²) >= 11 is 0. The molecular formula is C14H14N6. The zero-order valence-electron chi connectivity index (χ0n) is 10.8. The first-order valence-corrected chi connectivity index (χ1v) is 6.31. The zero-order valence-corrected chi connectivity index (χ0v) is 10.8. The summed E-state index contributed by atoms with van der Waals surface area (Å²) in [6.45, 7) is 0. The number of benzene rings is 1. The van der Waals surface area contributed by atoms with Gasteiger partial charge in [-0.25, -0.2) is 9.97 Å². The molecule has 3 rings (SSSR count). The number of nitrogens with two attached hydrogens (primary N) is 1. The lowest BCUT2D eigenvalue weighted by molar-refractivity contribution is 0.671. The molecule has 2 aromatic heterocycles. The number of nitrogens with one attached hydrogen (secondary N) is 1. The van der Waals surface area contributed by atoms with E-state index in [1.807, 2.05) is 30.3 Å². The summed E-state index contributed by atoms with van der Waals surface area (Å²) in [6, 6.07) is 9.83. The van der Waals surface area contributed by atoms with Crippen LogP contribution >= 0.6 is 0 Å². The molecular weight excluding hydrogens is 252 g/mol. The van der Waals surface area contributed by atoms with Crippen LogP contribution in [-0.4, -0.2) is 25.1 Å². The first-order chi connectivity index (χ1) is 9.83. The van der Waals surface area contributed by atoms with Gasteiger partial charge in [-0.15, -0.1) is 0 Å². The third-order valence-corrected chi connectivity index (χ3v) is 2.94. The van der Waals surface area contributed by atoms with E-state index in [0.717, 1.165) is 5.56 Å². The van der Waals surface area contributed by atoms with E-state index in [-0.39, 0.29) is 6.04 Å². The van der Waals surface area contributed by atoms with Crippen LogP contribution in [0.25, 0.3) is 11.5 Å². The Hall–Kier alpha value is -2.60. The summed E-state index contributed by atoms with van der Waals surface area (Å²) in [6.07, 6.45) is 5.54. The molecule has 0 amide bonds. The molecule has 1 atom stereocenters. The van der Waals surface area contributed by atoms with Crippen molar-refractivity contribution in [2.75, 3.05) is 0 Å². The van der Waals surface area contributed by atoms with Gasteiger partial charge in [-0.1, -0.05) is 30.3 Å². The van der Waals surface area contributed by atoms with Gasteiger partial charge in [-0.3, -0.25) is 10.1 Å². The van der Waals surface area contributed by atoms with Gasteiger partial charge in [0.2, 0.25) is 5.82 Å². The van der Waals surface area contributed by atoms with Crippen molar-refractivity contribution in [3.8, 4) is 11.5 Å². The van der Waals surface area contributed by atoms with Gasteiger partial charge in [0.05, 0.1) is 12.2 Å². The van der Waals surface area contributed by atoms with Crippen molar-refractivity contribution in [1.82, 2.24) is 25.1 Å². The monoisotopic (exact) mass is 266 g/mol. The Bertz CT molecular complexity index is 664. The van der Waals surface area contributed by atoms with E-state index in [4.69, 9.17) is 5.73 Å². The highest BCUT2D eigenvalue weighted by atomic mass is 15.2. The molecule has 3 N–H and O–H groups in total. The van der Waals surface area contributed by atoms with Crippen molar-refractivity contribution in [1.29, 1.82) is 0 Å². The first kappa shape index (κ1) is 12.4. The number of aromatic nitrogens is 5. The Labute approximate surface area is 116 Å². The van der Waals surface area contributed by atoms with Crippen LogP contribution < -0.4 is 5.73 Å². The van der Waals surface area contributed by atoms with Gasteiger partial charge in [0, 0.05) is 12.4 Å². The van der Waals surface area contributed by atoms with Crippen LogP contribution in [0, 0.1) is 0 Å². The van der Waals surface area contributed by atoms with E-state index in [2.05, 4.69) is 25.1 Å². The average molecular weight is 266 g/mol. The highest BCUT2D eigenvalue weighted by Gasteiger charge is 2.13. The predicted octanol–water partition coefficient (Wildman–Crippen LogP) is 1.50. The van der Waals surface area contributed by atoms with E-state index in [1.165, 1.54) is 0 Å². The molecule has 0 fully saturated rings. The number of H-pyrrole nitrogens is 1. The standard InChI is InChI=1S/C14H14N6/c15-11(8-10-4-2-1-3-5-10)13-18-14(20-19-13)12-9-16-6-7-17-12/h1-7,9,11H,8,15H2,(H,18,19,20)/t11-/m0/s1. The molecule has 0 unspecified atom stereocenters. The lowest BCUT2D eigenvalue weighted by Gasteiger charge is -2.07. The minimum Gasteiger partial charge on any atom is -0.321 e. The number of aromatic amines is 1. The van der Waals surface area contributed by atoms with Crippen LogP contribution in [0.15, 0.2) is 48.9 Å². The lowest BCUT2D eigenvalue weighted by Crippen LogP contribution is -2.15. The molecule has 6 nitrogen and oxygen atoms in total. The molecule has 3 aromatic rings. The molecule has 100 valence electrons. The van der Waals surface area contributed by atoms with Gasteiger partial charge >= 0.3 is 0 Å². The molecule has 20 heavy (non-hydrogen) atoms. The molecule has 0 aliphatic heterocycles. The highest BCUT2D eigenvalue weighted by Crippen LogP contribution is 2.15. The van der Waals surface area contributed by atoms with Gasteiger partial charge in [0.25, 0.3) is 0 Å². The average Bonchev–Trinajstić information content (AvgIpc) is 2.99. The normalized spacial score (nSPS) is 12.2. The van der Waals surface area contributed by atoms with E-state index < -0.39 is 0 Å². The van der Waals surface area contributed by atoms with E-state index >= 15 is 0 Å². The molecule has 0 bridgehead atoms. The quantitative estimate of drug-likeness (QED) is 0.746. The minimum atomic E-state index is -0.227. The maximum Gasteiger partial charge on any atom is 0.201 e. The van der Waals surface area contributed by atoms with Crippen LogP contribution in [0.2, 0.25) is 0 Å². The van der Waals surface area contributed by atoms with Crippen molar-refractivity contribution >= 4 is 0 Å². The van der Waals surface area contributed by atoms with Crippen molar-refractivity contribution in [2.24, 2.45) is 5.73 Å². The fraction of sp³-hybridized carbons (Fsp3) is 0.143. The Balaban J connectivity index is 1.77. The molecule has 1 aromatic carbocycles. The van der Waals surface area contributed by atoms with Crippen LogP contribution in [0.1, 0.15) is 17.4 Å². The third-order valence-electron chi connectivity index (χ3n) is 2.94. The van der Waals surface area contributed by atoms with Crippen LogP contribution in [0.4, 0.5) is 0 Å². The molecule has 0 aliphatic rings. The highest BCUT2D eigenvalue weighted by molar-refractivity contribution is 5.46. The molecule has 0 saturated carbocycles. The molecule has 0 saturated heterocycles. The summed E-state index contributed by atoms with van der Waals surface area (Å²) in [5.41, 5.74) is 7.94. The predicted molar refractivity (Wildman–Crippen MR) is 74.5 cm³/mol. The van der Waals surface area contributed by atoms with Crippen molar-refractivity contribution in [2.45, 2.75) is 12.5 Å². The summed E-state index contributed by atoms with van der Waals surface area (Å²) < 4.78 is 0. The number of nitrogens with zero attached hydrogens (tertiary/aromatic N) is 4. The van der Waals surface area contributed by atoms with E-state index in [0.29, 0.717) is 23.8 Å². The molecule has 0 radical (unpaired) electrons. The van der Waals surface area contributed by atoms with Gasteiger partial charge in [0.1, 0.15) is 11.5 Å². The van der Waals surface area contributed by atoms with Crippen LogP contribution in [-0.2, 0) is 6.42 Å². The number of rotatable bonds is 4. The second kappa shape index (κ2) is 5.58. The maximum atomic E-state index is 6.15. The topological polar surface area (TPSA) is 93.4 Å². The van der Waals surface area contributed by atoms with Crippen molar-refractivity contribution < 1.29 is 0 Å². The largest absolute Gasteiger partial charge is 0.321 e. The second-order valence-electron chi connectivity index (χ2n) is 4.43. The Kier molecular flexibility index (Phi) is 3.47. The Morgan fingerprint density at radius 2 is 2.00 bits per heavy atom. The fourth-order valence-corrected chi connectivity index (χ4v) is 1.93. The van der Waals surface area contributed by atoms with Crippen LogP contribution in [0.3, 0.4) is 0 Å². The Morgan fingerprint density at radius 3 is 2.75 bits per heavy atom. The summed E-state index contributed by atoms with van der Waals surface area (Å²) in [5.74, 6) is 1.16. The minimum absolute atomic E-state index is 0.227. The molecule has 2 heterocycles. The Morgan fingerprint density at radius 1 is 1.15 bits per heavy atom. The molecule has 0 spiro atoms. The van der Waals surface area contributed by atoms with Gasteiger partial charge in [-0.2, -0.15) is 5.10 Å². The molecule has 0 aliphatic carbocycles. The zero-order chi connectivity index (χ0) is 13.8. The fourth-order valence-electron chi connectivity index (χ4n) is 1.93. The third kappa shape index (κ3) is 2.70. The molecule has 6 heteroatoms. The second-order valence-corrected chi connectivity index (χ2v) is 4.43. The van der Waals surface area contributed by atoms with Crippen molar-refractivity contribution in [3.63, 3.8) is 0 Å². The lowest BCUT2D eigenvalue weighted by atomic mass is 10.1. The first-order valence-electron chi connectivity index (χ1n) is 6.31. The maximum absolute atomic E-state index is 6.15. The summed E-state index contributed by atoms with van der Waals surface area (Å²) in [4.78, 5) is 12.5. The summed E-state index contributed by atoms with van der Waals surface area (Å²) in [5, 5.41) is 7.00. The van der Waals surface area contributed by atoms with E-state index in [1.54, 1.807) is 18.6 Å². The number of hydrogen-bond acceptors (Lipinski definition) is 5. The van der Waals surface area contributed by atoms with Crippen molar-refractivity contribution in [3.05, 3.63) is 60.3 Å². The van der Waals surface area contributed by atoms with Gasteiger partial charge in [0.15, 0.2) is 0 Å². The van der Waals surface area contributed by atoms with Gasteiger partial charge < -0.3 is 5.73 Å². The number of hydrogen-bond donors (Lipinski definition) is 2. The smallest absolute Gasteiger partial charge is 0.201 e. The van der Waals surface area contributed by atoms with Crippen LogP contribution in [0.5, 0.6) is 0 Å². The van der Waals surface area contributed by atoms with Gasteiger partial charge in [-0.05, 0) is 12.0 Å². The van der Waals surface area contributed by atoms with E-state index in [9.17, 15) is 0 Å². The summed E-state index contributed by atoms with van der Waals surface area (Å²) in [7, 11) is 0.